The molecule has 0 saturated heterocycles. The second kappa shape index (κ2) is 8.65. The number of halogens is 1. The van der Waals surface area contributed by atoms with E-state index in [-0.39, 0.29) is 4.90 Å². The lowest BCUT2D eigenvalue weighted by Gasteiger charge is -2.21. The van der Waals surface area contributed by atoms with E-state index in [1.165, 1.54) is 4.31 Å². The van der Waals surface area contributed by atoms with Gasteiger partial charge >= 0.3 is 0 Å². The molecule has 0 aliphatic carbocycles. The van der Waals surface area contributed by atoms with Gasteiger partial charge in [-0.3, -0.25) is 0 Å². The highest BCUT2D eigenvalue weighted by Gasteiger charge is 2.24. The minimum atomic E-state index is -3.58. The fraction of sp³-hybridized carbons (Fsp3) is 0.333. The molecule has 4 nitrogen and oxygen atoms in total. The normalized spacial score (nSPS) is 11.7. The standard InChI is InChI=1S/C18H22BrNO3S/c1-3-12-23-18-13-16(10-11-17(18)19)24(21,22)20(4-2)14-15-8-6-5-7-9-15/h5-11,13H,3-4,12,14H2,1-2H3. The molecule has 0 unspecified atom stereocenters. The van der Waals surface area contributed by atoms with Gasteiger partial charge in [0.05, 0.1) is 16.0 Å². The van der Waals surface area contributed by atoms with Gasteiger partial charge in [-0.2, -0.15) is 4.31 Å². The van der Waals surface area contributed by atoms with Crippen molar-refractivity contribution in [3.63, 3.8) is 0 Å². The molecule has 0 bridgehead atoms. The van der Waals surface area contributed by atoms with Crippen molar-refractivity contribution in [2.45, 2.75) is 31.7 Å². The maximum atomic E-state index is 13.0. The number of hydrogen-bond donors (Lipinski definition) is 0. The van der Waals surface area contributed by atoms with Gasteiger partial charge in [0.25, 0.3) is 0 Å². The zero-order valence-corrected chi connectivity index (χ0v) is 16.3. The summed E-state index contributed by atoms with van der Waals surface area (Å²) in [6.45, 7) is 5.14. The first-order valence-corrected chi connectivity index (χ1v) is 10.2. The lowest BCUT2D eigenvalue weighted by atomic mass is 10.2. The highest BCUT2D eigenvalue weighted by Crippen LogP contribution is 2.29. The third kappa shape index (κ3) is 4.59. The van der Waals surface area contributed by atoms with Crippen molar-refractivity contribution in [2.24, 2.45) is 0 Å². The summed E-state index contributed by atoms with van der Waals surface area (Å²) in [5.41, 5.74) is 0.961. The van der Waals surface area contributed by atoms with Crippen molar-refractivity contribution in [3.05, 3.63) is 58.6 Å². The first-order valence-electron chi connectivity index (χ1n) is 7.95. The summed E-state index contributed by atoms with van der Waals surface area (Å²) in [5, 5.41) is 0. The molecule has 0 atom stereocenters. The number of rotatable bonds is 8. The number of ether oxygens (including phenoxy) is 1. The molecule has 6 heteroatoms. The third-order valence-corrected chi connectivity index (χ3v) is 6.13. The van der Waals surface area contributed by atoms with E-state index in [1.54, 1.807) is 18.2 Å². The first kappa shape index (κ1) is 19.0. The van der Waals surface area contributed by atoms with Gasteiger partial charge in [0.1, 0.15) is 5.75 Å². The Morgan fingerprint density at radius 1 is 1.08 bits per heavy atom. The van der Waals surface area contributed by atoms with Crippen molar-refractivity contribution in [1.29, 1.82) is 0 Å². The van der Waals surface area contributed by atoms with E-state index in [1.807, 2.05) is 44.2 Å². The minimum absolute atomic E-state index is 0.245. The molecule has 0 amide bonds. The summed E-state index contributed by atoms with van der Waals surface area (Å²) >= 11 is 3.40. The van der Waals surface area contributed by atoms with Crippen molar-refractivity contribution in [2.75, 3.05) is 13.2 Å². The summed E-state index contributed by atoms with van der Waals surface area (Å²) < 4.78 is 33.8. The van der Waals surface area contributed by atoms with E-state index in [4.69, 9.17) is 4.74 Å². The predicted octanol–water partition coefficient (Wildman–Crippen LogP) is 4.45. The van der Waals surface area contributed by atoms with Gasteiger partial charge in [0.2, 0.25) is 10.0 Å². The van der Waals surface area contributed by atoms with Crippen LogP contribution in [0.1, 0.15) is 25.8 Å². The van der Waals surface area contributed by atoms with E-state index in [0.717, 1.165) is 16.5 Å². The van der Waals surface area contributed by atoms with Crippen LogP contribution in [0.2, 0.25) is 0 Å². The molecular weight excluding hydrogens is 390 g/mol. The van der Waals surface area contributed by atoms with E-state index < -0.39 is 10.0 Å². The lowest BCUT2D eigenvalue weighted by Crippen LogP contribution is -2.30. The average Bonchev–Trinajstić information content (AvgIpc) is 2.59. The van der Waals surface area contributed by atoms with Crippen LogP contribution in [-0.4, -0.2) is 25.9 Å². The number of hydrogen-bond acceptors (Lipinski definition) is 3. The van der Waals surface area contributed by atoms with Crippen molar-refractivity contribution < 1.29 is 13.2 Å². The monoisotopic (exact) mass is 411 g/mol. The number of sulfonamides is 1. The number of nitrogens with zero attached hydrogens (tertiary/aromatic N) is 1. The van der Waals surface area contributed by atoms with E-state index in [2.05, 4.69) is 15.9 Å². The number of benzene rings is 2. The fourth-order valence-corrected chi connectivity index (χ4v) is 4.08. The summed E-state index contributed by atoms with van der Waals surface area (Å²) in [7, 11) is -3.58. The molecule has 130 valence electrons. The summed E-state index contributed by atoms with van der Waals surface area (Å²) in [6.07, 6.45) is 0.860. The lowest BCUT2D eigenvalue weighted by molar-refractivity contribution is 0.314. The smallest absolute Gasteiger partial charge is 0.243 e. The van der Waals surface area contributed by atoms with Gasteiger partial charge in [0.15, 0.2) is 0 Å². The van der Waals surface area contributed by atoms with Crippen LogP contribution < -0.4 is 4.74 Å². The van der Waals surface area contributed by atoms with Crippen LogP contribution >= 0.6 is 15.9 Å². The van der Waals surface area contributed by atoms with Gasteiger partial charge in [-0.1, -0.05) is 44.2 Å². The van der Waals surface area contributed by atoms with Gasteiger partial charge in [0, 0.05) is 19.2 Å². The maximum Gasteiger partial charge on any atom is 0.243 e. The Hall–Kier alpha value is -1.37. The molecule has 0 radical (unpaired) electrons. The third-order valence-electron chi connectivity index (χ3n) is 3.56. The van der Waals surface area contributed by atoms with E-state index in [0.29, 0.717) is 25.4 Å². The van der Waals surface area contributed by atoms with Crippen molar-refractivity contribution >= 4 is 26.0 Å². The molecule has 2 rings (SSSR count). The summed E-state index contributed by atoms with van der Waals surface area (Å²) in [5.74, 6) is 0.550. The van der Waals surface area contributed by atoms with Crippen molar-refractivity contribution in [1.82, 2.24) is 4.31 Å². The Bertz CT molecular complexity index is 763. The first-order chi connectivity index (χ1) is 11.5. The molecule has 0 saturated carbocycles. The Morgan fingerprint density at radius 2 is 1.79 bits per heavy atom. The van der Waals surface area contributed by atoms with Crippen LogP contribution in [0.25, 0.3) is 0 Å². The summed E-state index contributed by atoms with van der Waals surface area (Å²) in [6, 6.07) is 14.5. The summed E-state index contributed by atoms with van der Waals surface area (Å²) in [4.78, 5) is 0.245. The Kier molecular flexibility index (Phi) is 6.83. The zero-order chi connectivity index (χ0) is 17.6. The van der Waals surface area contributed by atoms with Gasteiger partial charge in [-0.15, -0.1) is 0 Å². The molecule has 0 aliphatic heterocycles. The van der Waals surface area contributed by atoms with Crippen LogP contribution in [0.3, 0.4) is 0 Å². The molecule has 0 aromatic heterocycles. The molecule has 0 spiro atoms. The molecular formula is C18H22BrNO3S. The van der Waals surface area contributed by atoms with Crippen molar-refractivity contribution in [3.8, 4) is 5.75 Å². The molecule has 0 N–H and O–H groups in total. The largest absolute Gasteiger partial charge is 0.492 e. The maximum absolute atomic E-state index is 13.0. The zero-order valence-electron chi connectivity index (χ0n) is 13.9. The Labute approximate surface area is 152 Å². The average molecular weight is 412 g/mol. The SMILES string of the molecule is CCCOc1cc(S(=O)(=O)N(CC)Cc2ccccc2)ccc1Br. The van der Waals surface area contributed by atoms with Crippen LogP contribution in [-0.2, 0) is 16.6 Å². The molecule has 0 aliphatic rings. The molecule has 24 heavy (non-hydrogen) atoms. The van der Waals surface area contributed by atoms with Crippen LogP contribution in [0, 0.1) is 0 Å². The van der Waals surface area contributed by atoms with Crippen LogP contribution in [0.5, 0.6) is 5.75 Å². The van der Waals surface area contributed by atoms with E-state index >= 15 is 0 Å². The fourth-order valence-electron chi connectivity index (χ4n) is 2.27. The van der Waals surface area contributed by atoms with Gasteiger partial charge in [-0.05, 0) is 40.0 Å². The molecule has 2 aromatic rings. The van der Waals surface area contributed by atoms with Crippen LogP contribution in [0.4, 0.5) is 0 Å². The van der Waals surface area contributed by atoms with Crippen LogP contribution in [0.15, 0.2) is 57.9 Å². The highest BCUT2D eigenvalue weighted by atomic mass is 79.9. The van der Waals surface area contributed by atoms with E-state index in [9.17, 15) is 8.42 Å². The minimum Gasteiger partial charge on any atom is -0.492 e. The quantitative estimate of drug-likeness (QED) is 0.644. The van der Waals surface area contributed by atoms with Gasteiger partial charge < -0.3 is 4.74 Å². The second-order valence-electron chi connectivity index (χ2n) is 5.36. The Balaban J connectivity index is 2.30. The Morgan fingerprint density at radius 3 is 2.42 bits per heavy atom. The molecule has 2 aromatic carbocycles. The highest BCUT2D eigenvalue weighted by molar-refractivity contribution is 9.10. The molecule has 0 heterocycles. The predicted molar refractivity (Wildman–Crippen MR) is 99.6 cm³/mol. The van der Waals surface area contributed by atoms with Gasteiger partial charge in [-0.25, -0.2) is 8.42 Å². The second-order valence-corrected chi connectivity index (χ2v) is 8.15. The molecule has 0 fully saturated rings. The topological polar surface area (TPSA) is 46.6 Å².